The molecular formula is C21H24O2. The van der Waals surface area contributed by atoms with Crippen molar-refractivity contribution in [1.29, 1.82) is 0 Å². The number of methoxy groups -OCH3 is 1. The van der Waals surface area contributed by atoms with Crippen molar-refractivity contribution in [2.75, 3.05) is 7.11 Å². The van der Waals surface area contributed by atoms with Crippen LogP contribution in [0.4, 0.5) is 0 Å². The Morgan fingerprint density at radius 2 is 1.83 bits per heavy atom. The van der Waals surface area contributed by atoms with Gasteiger partial charge in [0.05, 0.1) is 19.3 Å². The summed E-state index contributed by atoms with van der Waals surface area (Å²) in [4.78, 5) is 0. The van der Waals surface area contributed by atoms with Gasteiger partial charge in [-0.05, 0) is 66.8 Å². The van der Waals surface area contributed by atoms with E-state index in [0.717, 1.165) is 12.2 Å². The molecule has 0 radical (unpaired) electrons. The van der Waals surface area contributed by atoms with Crippen molar-refractivity contribution in [2.24, 2.45) is 5.92 Å². The Labute approximate surface area is 138 Å². The fourth-order valence-corrected chi connectivity index (χ4v) is 4.43. The van der Waals surface area contributed by atoms with Crippen LogP contribution in [-0.4, -0.2) is 13.2 Å². The van der Waals surface area contributed by atoms with E-state index in [0.29, 0.717) is 17.9 Å². The van der Waals surface area contributed by atoms with E-state index < -0.39 is 0 Å². The summed E-state index contributed by atoms with van der Waals surface area (Å²) in [7, 11) is 1.71. The van der Waals surface area contributed by atoms with Crippen molar-refractivity contribution in [3.63, 3.8) is 0 Å². The van der Waals surface area contributed by atoms with Crippen LogP contribution in [0.1, 0.15) is 48.5 Å². The summed E-state index contributed by atoms with van der Waals surface area (Å²) in [6, 6.07) is 17.4. The van der Waals surface area contributed by atoms with E-state index in [2.05, 4.69) is 43.3 Å². The van der Waals surface area contributed by atoms with Crippen molar-refractivity contribution in [1.82, 2.24) is 0 Å². The Morgan fingerprint density at radius 3 is 2.61 bits per heavy atom. The molecule has 0 aromatic heterocycles. The van der Waals surface area contributed by atoms with Crippen LogP contribution in [0.5, 0.6) is 5.75 Å². The lowest BCUT2D eigenvalue weighted by atomic mass is 9.68. The summed E-state index contributed by atoms with van der Waals surface area (Å²) < 4.78 is 11.7. The Hall–Kier alpha value is -1.80. The molecule has 0 saturated carbocycles. The van der Waals surface area contributed by atoms with E-state index in [1.54, 1.807) is 12.7 Å². The lowest BCUT2D eigenvalue weighted by Crippen LogP contribution is -2.36. The average Bonchev–Trinajstić information content (AvgIpc) is 2.61. The highest BCUT2D eigenvalue weighted by atomic mass is 16.5. The lowest BCUT2D eigenvalue weighted by molar-refractivity contribution is -0.0923. The zero-order chi connectivity index (χ0) is 15.8. The molecule has 1 aliphatic carbocycles. The molecule has 1 heterocycles. The zero-order valence-corrected chi connectivity index (χ0v) is 13.9. The molecule has 1 aliphatic heterocycles. The number of ether oxygens (including phenoxy) is 2. The Kier molecular flexibility index (Phi) is 3.86. The van der Waals surface area contributed by atoms with Gasteiger partial charge in [0.1, 0.15) is 5.75 Å². The van der Waals surface area contributed by atoms with Gasteiger partial charge in [0, 0.05) is 0 Å². The van der Waals surface area contributed by atoms with Gasteiger partial charge >= 0.3 is 0 Å². The van der Waals surface area contributed by atoms with Crippen LogP contribution in [0, 0.1) is 5.92 Å². The van der Waals surface area contributed by atoms with Gasteiger partial charge in [-0.2, -0.15) is 0 Å². The van der Waals surface area contributed by atoms with Gasteiger partial charge in [-0.15, -0.1) is 0 Å². The molecule has 1 fully saturated rings. The molecule has 2 heteroatoms. The fraction of sp³-hybridized carbons (Fsp3) is 0.429. The van der Waals surface area contributed by atoms with Crippen LogP contribution in [0.3, 0.4) is 0 Å². The average molecular weight is 308 g/mol. The Morgan fingerprint density at radius 1 is 1.04 bits per heavy atom. The summed E-state index contributed by atoms with van der Waals surface area (Å²) in [5.74, 6) is 2.11. The van der Waals surface area contributed by atoms with Gasteiger partial charge in [-0.3, -0.25) is 0 Å². The molecule has 2 aromatic carbocycles. The quantitative estimate of drug-likeness (QED) is 0.786. The minimum Gasteiger partial charge on any atom is -0.497 e. The molecule has 1 saturated heterocycles. The van der Waals surface area contributed by atoms with Crippen LogP contribution >= 0.6 is 0 Å². The van der Waals surface area contributed by atoms with Crippen LogP contribution in [0.2, 0.25) is 0 Å². The molecule has 0 bridgehead atoms. The van der Waals surface area contributed by atoms with E-state index in [4.69, 9.17) is 9.47 Å². The molecule has 4 rings (SSSR count). The predicted molar refractivity (Wildman–Crippen MR) is 91.9 cm³/mol. The van der Waals surface area contributed by atoms with Gasteiger partial charge in [0.15, 0.2) is 0 Å². The van der Waals surface area contributed by atoms with Crippen molar-refractivity contribution >= 4 is 0 Å². The van der Waals surface area contributed by atoms with Crippen molar-refractivity contribution in [2.45, 2.75) is 44.3 Å². The van der Waals surface area contributed by atoms with E-state index in [9.17, 15) is 0 Å². The second-order valence-corrected chi connectivity index (χ2v) is 6.88. The molecule has 2 nitrogen and oxygen atoms in total. The van der Waals surface area contributed by atoms with Crippen molar-refractivity contribution < 1.29 is 9.47 Å². The highest BCUT2D eigenvalue weighted by molar-refractivity contribution is 5.36. The van der Waals surface area contributed by atoms with Crippen LogP contribution < -0.4 is 4.74 Å². The lowest BCUT2D eigenvalue weighted by Gasteiger charge is -2.45. The third kappa shape index (κ3) is 2.66. The SMILES string of the molecule is COc1ccc([C@H]2O[C@@H](C)C[C@H]3c4ccccc4CC[C@H]23)cc1. The summed E-state index contributed by atoms with van der Waals surface area (Å²) in [5, 5.41) is 0. The minimum atomic E-state index is 0.197. The van der Waals surface area contributed by atoms with Gasteiger partial charge in [-0.25, -0.2) is 0 Å². The maximum Gasteiger partial charge on any atom is 0.118 e. The topological polar surface area (TPSA) is 18.5 Å². The molecule has 0 spiro atoms. The molecule has 4 atom stereocenters. The van der Waals surface area contributed by atoms with Crippen LogP contribution in [-0.2, 0) is 11.2 Å². The largest absolute Gasteiger partial charge is 0.497 e. The molecule has 0 amide bonds. The van der Waals surface area contributed by atoms with Crippen molar-refractivity contribution in [3.8, 4) is 5.75 Å². The first-order valence-electron chi connectivity index (χ1n) is 8.63. The van der Waals surface area contributed by atoms with E-state index in [1.165, 1.54) is 24.0 Å². The van der Waals surface area contributed by atoms with Gasteiger partial charge < -0.3 is 9.47 Å². The number of fused-ring (bicyclic) bond motifs is 3. The molecule has 0 unspecified atom stereocenters. The molecule has 120 valence electrons. The smallest absolute Gasteiger partial charge is 0.118 e. The third-order valence-electron chi connectivity index (χ3n) is 5.52. The zero-order valence-electron chi connectivity index (χ0n) is 13.9. The fourth-order valence-electron chi connectivity index (χ4n) is 4.43. The van der Waals surface area contributed by atoms with E-state index in [1.807, 2.05) is 12.1 Å². The maximum atomic E-state index is 6.39. The first-order chi connectivity index (χ1) is 11.3. The third-order valence-corrected chi connectivity index (χ3v) is 5.52. The van der Waals surface area contributed by atoms with Crippen LogP contribution in [0.15, 0.2) is 48.5 Å². The monoisotopic (exact) mass is 308 g/mol. The highest BCUT2D eigenvalue weighted by Crippen LogP contribution is 2.50. The molecule has 2 aliphatic rings. The number of hydrogen-bond donors (Lipinski definition) is 0. The van der Waals surface area contributed by atoms with Gasteiger partial charge in [-0.1, -0.05) is 36.4 Å². The second-order valence-electron chi connectivity index (χ2n) is 6.88. The summed E-state index contributed by atoms with van der Waals surface area (Å²) in [6.45, 7) is 2.21. The van der Waals surface area contributed by atoms with Crippen molar-refractivity contribution in [3.05, 3.63) is 65.2 Å². The Balaban J connectivity index is 1.68. The molecule has 2 aromatic rings. The minimum absolute atomic E-state index is 0.197. The summed E-state index contributed by atoms with van der Waals surface area (Å²) in [5.41, 5.74) is 4.38. The number of benzene rings is 2. The van der Waals surface area contributed by atoms with Crippen LogP contribution in [0.25, 0.3) is 0 Å². The van der Waals surface area contributed by atoms with Gasteiger partial charge in [0.2, 0.25) is 0 Å². The number of hydrogen-bond acceptors (Lipinski definition) is 2. The normalized spacial score (nSPS) is 29.5. The number of rotatable bonds is 2. The predicted octanol–water partition coefficient (Wildman–Crippen LogP) is 4.89. The standard InChI is InChI=1S/C21H24O2/c1-14-13-20-18-6-4-3-5-15(18)9-12-19(20)21(23-14)16-7-10-17(22-2)11-8-16/h3-8,10-11,14,19-21H,9,12-13H2,1-2H3/t14-,19-,20-,21+/m0/s1. The Bertz CT molecular complexity index is 676. The first-order valence-corrected chi connectivity index (χ1v) is 8.63. The van der Waals surface area contributed by atoms with E-state index >= 15 is 0 Å². The number of aryl methyl sites for hydroxylation is 1. The summed E-state index contributed by atoms with van der Waals surface area (Å²) in [6.07, 6.45) is 4.01. The second kappa shape index (κ2) is 6.01. The van der Waals surface area contributed by atoms with E-state index in [-0.39, 0.29) is 6.10 Å². The first kappa shape index (κ1) is 14.8. The molecular weight excluding hydrogens is 284 g/mol. The highest BCUT2D eigenvalue weighted by Gasteiger charge is 2.41. The summed E-state index contributed by atoms with van der Waals surface area (Å²) >= 11 is 0. The van der Waals surface area contributed by atoms with Gasteiger partial charge in [0.25, 0.3) is 0 Å². The maximum absolute atomic E-state index is 6.39. The molecule has 23 heavy (non-hydrogen) atoms. The molecule has 0 N–H and O–H groups in total.